The van der Waals surface area contributed by atoms with Crippen molar-refractivity contribution in [3.05, 3.63) is 90.1 Å². The minimum absolute atomic E-state index is 0.0163. The molecule has 5 rings (SSSR count). The highest BCUT2D eigenvalue weighted by Gasteiger charge is 2.45. The molecule has 1 aliphatic rings. The number of nitrogens with two attached hydrogens (primary N) is 3. The van der Waals surface area contributed by atoms with Crippen LogP contribution in [-0.2, 0) is 62.4 Å². The van der Waals surface area contributed by atoms with E-state index >= 15 is 0 Å². The zero-order valence-corrected chi connectivity index (χ0v) is 42.0. The van der Waals surface area contributed by atoms with Gasteiger partial charge in [0, 0.05) is 48.3 Å². The molecule has 0 spiro atoms. The lowest BCUT2D eigenvalue weighted by molar-refractivity contribution is -0.138. The van der Waals surface area contributed by atoms with E-state index in [2.05, 4.69) is 52.2 Å². The molecule has 0 bridgehead atoms. The quantitative estimate of drug-likeness (QED) is 0.0379. The normalized spacial score (nSPS) is 15.9. The second kappa shape index (κ2) is 26.2. The molecular formula is C51H71N13O9. The number of benzene rings is 2. The van der Waals surface area contributed by atoms with E-state index in [0.717, 1.165) is 16.5 Å². The number of hydrogen-bond acceptors (Lipinski definition) is 11. The number of nitrogens with one attached hydrogen (secondary N) is 9. The van der Waals surface area contributed by atoms with Crippen LogP contribution in [0.2, 0.25) is 0 Å². The molecule has 0 aliphatic heterocycles. The highest BCUT2D eigenvalue weighted by Crippen LogP contribution is 2.31. The molecule has 4 aromatic rings. The molecule has 0 saturated heterocycles. The van der Waals surface area contributed by atoms with Gasteiger partial charge in [0.25, 0.3) is 0 Å². The van der Waals surface area contributed by atoms with E-state index in [-0.39, 0.29) is 57.3 Å². The highest BCUT2D eigenvalue weighted by molar-refractivity contribution is 5.99. The Hall–Kier alpha value is -7.62. The van der Waals surface area contributed by atoms with E-state index in [1.807, 2.05) is 44.2 Å². The van der Waals surface area contributed by atoms with E-state index in [1.54, 1.807) is 44.3 Å². The van der Waals surface area contributed by atoms with Gasteiger partial charge in [0.15, 0.2) is 0 Å². The molecule has 0 radical (unpaired) electrons. The predicted molar refractivity (Wildman–Crippen MR) is 271 cm³/mol. The number of H-pyrrole nitrogens is 2. The number of hydrogen-bond donors (Lipinski definition) is 12. The van der Waals surface area contributed by atoms with E-state index < -0.39 is 107 Å². The molecule has 1 saturated carbocycles. The molecule has 1 fully saturated rings. The molecule has 1 aliphatic carbocycles. The van der Waals surface area contributed by atoms with Crippen molar-refractivity contribution in [1.29, 1.82) is 0 Å². The molecule has 15 N–H and O–H groups in total. The van der Waals surface area contributed by atoms with Crippen LogP contribution < -0.4 is 54.4 Å². The van der Waals surface area contributed by atoms with Gasteiger partial charge >= 0.3 is 0 Å². The van der Waals surface area contributed by atoms with Crippen molar-refractivity contribution in [3.8, 4) is 0 Å². The number of aromatic nitrogens is 3. The number of fused-ring (bicyclic) bond motifs is 1. The van der Waals surface area contributed by atoms with Crippen molar-refractivity contribution in [1.82, 2.24) is 52.2 Å². The first-order chi connectivity index (χ1) is 34.7. The Balaban J connectivity index is 1.31. The van der Waals surface area contributed by atoms with Crippen LogP contribution >= 0.6 is 0 Å². The van der Waals surface area contributed by atoms with Crippen LogP contribution in [0.25, 0.3) is 10.9 Å². The molecule has 22 nitrogen and oxygen atoms in total. The van der Waals surface area contributed by atoms with Crippen molar-refractivity contribution in [3.63, 3.8) is 0 Å². The number of carbonyl (C=O) groups excluding carboxylic acids is 9. The molecule has 22 heteroatoms. The van der Waals surface area contributed by atoms with Gasteiger partial charge in [0.05, 0.1) is 12.4 Å². The Morgan fingerprint density at radius 3 is 1.90 bits per heavy atom. The van der Waals surface area contributed by atoms with E-state index in [1.165, 1.54) is 19.4 Å². The zero-order chi connectivity index (χ0) is 53.4. The second-order valence-electron chi connectivity index (χ2n) is 19.6. The van der Waals surface area contributed by atoms with Crippen LogP contribution in [0, 0.1) is 11.8 Å². The van der Waals surface area contributed by atoms with Gasteiger partial charge in [-0.2, -0.15) is 0 Å². The monoisotopic (exact) mass is 1010 g/mol. The molecule has 394 valence electrons. The molecule has 2 aromatic carbocycles. The minimum atomic E-state index is -1.47. The predicted octanol–water partition coefficient (Wildman–Crippen LogP) is 0.0568. The van der Waals surface area contributed by atoms with Crippen molar-refractivity contribution in [2.24, 2.45) is 29.0 Å². The van der Waals surface area contributed by atoms with Gasteiger partial charge in [-0.05, 0) is 68.1 Å². The lowest BCUT2D eigenvalue weighted by Gasteiger charge is -2.34. The lowest BCUT2D eigenvalue weighted by atomic mass is 9.93. The molecule has 73 heavy (non-hydrogen) atoms. The maximum Gasteiger partial charge on any atom is 0.246 e. The second-order valence-corrected chi connectivity index (χ2v) is 19.6. The molecule has 9 amide bonds. The smallest absolute Gasteiger partial charge is 0.246 e. The number of amides is 9. The topological polar surface area (TPSA) is 360 Å². The van der Waals surface area contributed by atoms with Gasteiger partial charge in [-0.3, -0.25) is 43.2 Å². The number of carbonyl (C=O) groups is 9. The van der Waals surface area contributed by atoms with Crippen molar-refractivity contribution in [2.45, 2.75) is 147 Å². The molecule has 7 atom stereocenters. The fraction of sp³-hybridized carbons (Fsp3) is 0.490. The first kappa shape index (κ1) is 56.3. The summed E-state index contributed by atoms with van der Waals surface area (Å²) < 4.78 is 0. The maximum atomic E-state index is 14.3. The summed E-state index contributed by atoms with van der Waals surface area (Å²) in [5.74, 6) is -6.97. The number of para-hydroxylation sites is 1. The van der Waals surface area contributed by atoms with Gasteiger partial charge in [-0.1, -0.05) is 89.1 Å². The van der Waals surface area contributed by atoms with Gasteiger partial charge in [-0.15, -0.1) is 0 Å². The Bertz CT molecular complexity index is 2560. The maximum absolute atomic E-state index is 14.3. The van der Waals surface area contributed by atoms with Crippen molar-refractivity contribution >= 4 is 64.1 Å². The third-order valence-electron chi connectivity index (χ3n) is 12.9. The fourth-order valence-electron chi connectivity index (χ4n) is 8.80. The van der Waals surface area contributed by atoms with Crippen LogP contribution in [0.5, 0.6) is 0 Å². The average molecular weight is 1010 g/mol. The number of primary amides is 2. The molecular weight excluding hydrogens is 939 g/mol. The SMILES string of the molecule is CC(C)CC(NC(=O)C(Cc1cnc[nH]1)NC(=O)C1(NC(=O)C(NC(=O)C(C)NC(=O)C(Cc2c[nH]c3ccccc23)NC(=O)C(CCC(N)=O)NC(=O)C(N)Cc2ccccc2)C(C)C)CCCC1)C(N)=O. The van der Waals surface area contributed by atoms with Crippen LogP contribution in [0.4, 0.5) is 0 Å². The molecule has 2 aromatic heterocycles. The summed E-state index contributed by atoms with van der Waals surface area (Å²) in [6, 6.07) is 7.91. The minimum Gasteiger partial charge on any atom is -0.370 e. The largest absolute Gasteiger partial charge is 0.370 e. The van der Waals surface area contributed by atoms with Crippen LogP contribution in [0.1, 0.15) is 96.4 Å². The third-order valence-corrected chi connectivity index (χ3v) is 12.9. The first-order valence-electron chi connectivity index (χ1n) is 24.7. The lowest BCUT2D eigenvalue weighted by Crippen LogP contribution is -2.65. The van der Waals surface area contributed by atoms with Crippen molar-refractivity contribution < 1.29 is 43.2 Å². The van der Waals surface area contributed by atoms with E-state index in [4.69, 9.17) is 17.2 Å². The Labute approximate surface area is 424 Å². The summed E-state index contributed by atoms with van der Waals surface area (Å²) in [5, 5.41) is 19.8. The third kappa shape index (κ3) is 16.2. The van der Waals surface area contributed by atoms with Crippen LogP contribution in [0.3, 0.4) is 0 Å². The zero-order valence-electron chi connectivity index (χ0n) is 42.0. The first-order valence-corrected chi connectivity index (χ1v) is 24.7. The summed E-state index contributed by atoms with van der Waals surface area (Å²) in [4.78, 5) is 132. The van der Waals surface area contributed by atoms with E-state index in [0.29, 0.717) is 24.1 Å². The summed E-state index contributed by atoms with van der Waals surface area (Å²) in [6.07, 6.45) is 6.05. The summed E-state index contributed by atoms with van der Waals surface area (Å²) in [7, 11) is 0. The Kier molecular flexibility index (Phi) is 20.2. The van der Waals surface area contributed by atoms with Gasteiger partial charge in [0.2, 0.25) is 53.2 Å². The van der Waals surface area contributed by atoms with Gasteiger partial charge in [-0.25, -0.2) is 4.98 Å². The summed E-state index contributed by atoms with van der Waals surface area (Å²) >= 11 is 0. The molecule has 7 unspecified atom stereocenters. The average Bonchev–Trinajstić information content (AvgIpc) is 4.14. The summed E-state index contributed by atoms with van der Waals surface area (Å²) in [5.41, 5.74) is 18.5. The molecule has 2 heterocycles. The summed E-state index contributed by atoms with van der Waals surface area (Å²) in [6.45, 7) is 8.54. The number of nitrogens with zero attached hydrogens (tertiary/aromatic N) is 1. The van der Waals surface area contributed by atoms with Crippen LogP contribution in [-0.4, -0.2) is 116 Å². The number of imidazole rings is 1. The van der Waals surface area contributed by atoms with Crippen molar-refractivity contribution in [2.75, 3.05) is 0 Å². The van der Waals surface area contributed by atoms with Crippen LogP contribution in [0.15, 0.2) is 73.3 Å². The van der Waals surface area contributed by atoms with Gasteiger partial charge in [0.1, 0.15) is 41.8 Å². The Morgan fingerprint density at radius 1 is 0.658 bits per heavy atom. The number of aromatic amines is 2. The fourth-order valence-corrected chi connectivity index (χ4v) is 8.80. The standard InChI is InChI=1S/C51H71N13O9/c1-28(2)21-38(43(54)66)60-48(71)40(24-33-26-55-27-57-33)62-50(73)51(19-11-12-20-51)64-49(72)42(29(3)4)63-44(67)30(5)58-47(70)39(23-32-25-56-36-16-10-9-15-34(32)36)61-46(69)37(17-18-41(53)65)59-45(68)35(52)22-31-13-7-6-8-14-31/h6-10,13-16,25-30,35,37-40,42,56H,11-12,17-24,52H2,1-5H3,(H2,53,65)(H2,54,66)(H,55,57)(H,58,70)(H,59,68)(H,60,71)(H,61,69)(H,62,73)(H,63,67)(H,64,72). The highest BCUT2D eigenvalue weighted by atomic mass is 16.2. The van der Waals surface area contributed by atoms with Gasteiger partial charge < -0.3 is 64.4 Å². The Morgan fingerprint density at radius 2 is 1.27 bits per heavy atom. The van der Waals surface area contributed by atoms with E-state index in [9.17, 15) is 43.2 Å². The number of rotatable bonds is 27.